The minimum Gasteiger partial charge on any atom is -0.394 e. The van der Waals surface area contributed by atoms with E-state index in [0.717, 1.165) is 5.56 Å². The van der Waals surface area contributed by atoms with Gasteiger partial charge in [0.1, 0.15) is 5.82 Å². The molecule has 0 radical (unpaired) electrons. The quantitative estimate of drug-likeness (QED) is 0.822. The lowest BCUT2D eigenvalue weighted by Crippen LogP contribution is -2.22. The van der Waals surface area contributed by atoms with Gasteiger partial charge in [-0.15, -0.1) is 0 Å². The SMILES string of the molecule is C=CN(C)C(CO)c1ccc(C)c(F)c1. The number of likely N-dealkylation sites (N-methyl/N-ethyl adjacent to an activating group) is 1. The Morgan fingerprint density at radius 1 is 1.60 bits per heavy atom. The Morgan fingerprint density at radius 3 is 2.73 bits per heavy atom. The molecule has 0 saturated carbocycles. The first-order chi connectivity index (χ1) is 7.10. The maximum Gasteiger partial charge on any atom is 0.126 e. The Balaban J connectivity index is 3.02. The van der Waals surface area contributed by atoms with Gasteiger partial charge >= 0.3 is 0 Å². The maximum atomic E-state index is 13.3. The molecule has 2 nitrogen and oxygen atoms in total. The lowest BCUT2D eigenvalue weighted by atomic mass is 10.0. The minimum absolute atomic E-state index is 0.0645. The topological polar surface area (TPSA) is 23.5 Å². The Hall–Kier alpha value is -1.35. The molecule has 0 amide bonds. The van der Waals surface area contributed by atoms with Crippen LogP contribution in [0.5, 0.6) is 0 Å². The highest BCUT2D eigenvalue weighted by Gasteiger charge is 2.14. The second kappa shape index (κ2) is 4.94. The molecule has 1 N–H and O–H groups in total. The van der Waals surface area contributed by atoms with Crippen molar-refractivity contribution in [2.75, 3.05) is 13.7 Å². The second-order valence-corrected chi connectivity index (χ2v) is 3.56. The van der Waals surface area contributed by atoms with Crippen molar-refractivity contribution < 1.29 is 9.50 Å². The van der Waals surface area contributed by atoms with Crippen LogP contribution in [0.15, 0.2) is 31.0 Å². The molecular weight excluding hydrogens is 193 g/mol. The van der Waals surface area contributed by atoms with E-state index in [1.54, 1.807) is 31.1 Å². The molecule has 0 saturated heterocycles. The summed E-state index contributed by atoms with van der Waals surface area (Å²) in [5.41, 5.74) is 1.36. The first-order valence-corrected chi connectivity index (χ1v) is 4.81. The molecule has 0 bridgehead atoms. The average Bonchev–Trinajstić information content (AvgIpc) is 2.24. The van der Waals surface area contributed by atoms with Crippen LogP contribution in [0.4, 0.5) is 4.39 Å². The molecule has 0 aliphatic rings. The van der Waals surface area contributed by atoms with Crippen molar-refractivity contribution in [1.82, 2.24) is 4.90 Å². The highest BCUT2D eigenvalue weighted by molar-refractivity contribution is 5.26. The van der Waals surface area contributed by atoms with Gasteiger partial charge in [0.15, 0.2) is 0 Å². The van der Waals surface area contributed by atoms with Crippen molar-refractivity contribution >= 4 is 0 Å². The van der Waals surface area contributed by atoms with Crippen LogP contribution in [-0.4, -0.2) is 23.7 Å². The molecule has 1 rings (SSSR count). The van der Waals surface area contributed by atoms with Gasteiger partial charge in [0, 0.05) is 7.05 Å². The van der Waals surface area contributed by atoms with E-state index in [2.05, 4.69) is 6.58 Å². The normalized spacial score (nSPS) is 12.3. The number of hydrogen-bond donors (Lipinski definition) is 1. The maximum absolute atomic E-state index is 13.3. The van der Waals surface area contributed by atoms with Gasteiger partial charge in [-0.05, 0) is 30.3 Å². The average molecular weight is 209 g/mol. The van der Waals surface area contributed by atoms with Crippen molar-refractivity contribution in [2.24, 2.45) is 0 Å². The molecule has 0 aliphatic heterocycles. The van der Waals surface area contributed by atoms with Crippen LogP contribution in [0.1, 0.15) is 17.2 Å². The van der Waals surface area contributed by atoms with Gasteiger partial charge in [0.25, 0.3) is 0 Å². The fourth-order valence-electron chi connectivity index (χ4n) is 1.41. The predicted octanol–water partition coefficient (Wildman–Crippen LogP) is 2.24. The third-order valence-electron chi connectivity index (χ3n) is 2.53. The monoisotopic (exact) mass is 209 g/mol. The van der Waals surface area contributed by atoms with E-state index >= 15 is 0 Å². The second-order valence-electron chi connectivity index (χ2n) is 3.56. The molecule has 82 valence electrons. The van der Waals surface area contributed by atoms with E-state index in [-0.39, 0.29) is 18.5 Å². The third-order valence-corrected chi connectivity index (χ3v) is 2.53. The molecule has 1 aromatic rings. The van der Waals surface area contributed by atoms with E-state index in [4.69, 9.17) is 0 Å². The molecule has 3 heteroatoms. The zero-order valence-corrected chi connectivity index (χ0v) is 9.07. The van der Waals surface area contributed by atoms with Gasteiger partial charge in [-0.1, -0.05) is 18.7 Å². The molecular formula is C12H16FNO. The van der Waals surface area contributed by atoms with Crippen LogP contribution in [-0.2, 0) is 0 Å². The molecule has 1 atom stereocenters. The first-order valence-electron chi connectivity index (χ1n) is 4.81. The van der Waals surface area contributed by atoms with Crippen molar-refractivity contribution in [3.8, 4) is 0 Å². The van der Waals surface area contributed by atoms with Crippen LogP contribution >= 0.6 is 0 Å². The fraction of sp³-hybridized carbons (Fsp3) is 0.333. The standard InChI is InChI=1S/C12H16FNO/c1-4-14(3)12(8-15)10-6-5-9(2)11(13)7-10/h4-7,12,15H,1,8H2,2-3H3. The van der Waals surface area contributed by atoms with Crippen molar-refractivity contribution in [1.29, 1.82) is 0 Å². The fourth-order valence-corrected chi connectivity index (χ4v) is 1.41. The van der Waals surface area contributed by atoms with Gasteiger partial charge in [-0.2, -0.15) is 0 Å². The smallest absolute Gasteiger partial charge is 0.126 e. The highest BCUT2D eigenvalue weighted by Crippen LogP contribution is 2.21. The summed E-state index contributed by atoms with van der Waals surface area (Å²) in [4.78, 5) is 1.75. The van der Waals surface area contributed by atoms with Gasteiger partial charge in [-0.25, -0.2) is 4.39 Å². The van der Waals surface area contributed by atoms with Gasteiger partial charge < -0.3 is 10.0 Å². The lowest BCUT2D eigenvalue weighted by Gasteiger charge is -2.25. The summed E-state index contributed by atoms with van der Waals surface area (Å²) in [6.07, 6.45) is 1.61. The zero-order valence-electron chi connectivity index (χ0n) is 9.07. The zero-order chi connectivity index (χ0) is 11.4. The number of hydrogen-bond acceptors (Lipinski definition) is 2. The largest absolute Gasteiger partial charge is 0.394 e. The predicted molar refractivity (Wildman–Crippen MR) is 58.9 cm³/mol. The summed E-state index contributed by atoms with van der Waals surface area (Å²) in [5, 5.41) is 9.23. The van der Waals surface area contributed by atoms with Crippen LogP contribution < -0.4 is 0 Å². The summed E-state index contributed by atoms with van der Waals surface area (Å²) in [6, 6.07) is 4.75. The summed E-state index contributed by atoms with van der Waals surface area (Å²) in [6.45, 7) is 5.26. The molecule has 0 aliphatic carbocycles. The molecule has 1 unspecified atom stereocenters. The van der Waals surface area contributed by atoms with Crippen molar-refractivity contribution in [3.05, 3.63) is 47.9 Å². The number of aliphatic hydroxyl groups is 1. The van der Waals surface area contributed by atoms with Crippen LogP contribution in [0.25, 0.3) is 0 Å². The molecule has 0 fully saturated rings. The van der Waals surface area contributed by atoms with E-state index in [1.165, 1.54) is 6.07 Å². The van der Waals surface area contributed by atoms with Gasteiger partial charge in [0.2, 0.25) is 0 Å². The van der Waals surface area contributed by atoms with Crippen LogP contribution in [0.2, 0.25) is 0 Å². The van der Waals surface area contributed by atoms with Gasteiger partial charge in [-0.3, -0.25) is 0 Å². The number of aliphatic hydroxyl groups excluding tert-OH is 1. The van der Waals surface area contributed by atoms with E-state index in [9.17, 15) is 9.50 Å². The summed E-state index contributed by atoms with van der Waals surface area (Å²) in [7, 11) is 1.80. The highest BCUT2D eigenvalue weighted by atomic mass is 19.1. The molecule has 1 aromatic carbocycles. The van der Waals surface area contributed by atoms with E-state index in [1.807, 2.05) is 6.07 Å². The van der Waals surface area contributed by atoms with E-state index < -0.39 is 0 Å². The van der Waals surface area contributed by atoms with Crippen LogP contribution in [0.3, 0.4) is 0 Å². The molecule has 0 aromatic heterocycles. The Kier molecular flexibility index (Phi) is 3.86. The Labute approximate surface area is 89.7 Å². The summed E-state index contributed by atoms with van der Waals surface area (Å²) in [5.74, 6) is -0.247. The Bertz CT molecular complexity index is 351. The lowest BCUT2D eigenvalue weighted by molar-refractivity contribution is 0.185. The number of benzene rings is 1. The van der Waals surface area contributed by atoms with Gasteiger partial charge in [0.05, 0.1) is 12.6 Å². The van der Waals surface area contributed by atoms with Crippen LogP contribution in [0, 0.1) is 12.7 Å². The Morgan fingerprint density at radius 2 is 2.27 bits per heavy atom. The number of rotatable bonds is 4. The van der Waals surface area contributed by atoms with E-state index in [0.29, 0.717) is 5.56 Å². The first kappa shape index (κ1) is 11.7. The summed E-state index contributed by atoms with van der Waals surface area (Å²) < 4.78 is 13.3. The summed E-state index contributed by atoms with van der Waals surface area (Å²) >= 11 is 0. The molecule has 0 spiro atoms. The van der Waals surface area contributed by atoms with Crippen molar-refractivity contribution in [3.63, 3.8) is 0 Å². The van der Waals surface area contributed by atoms with Crippen molar-refractivity contribution in [2.45, 2.75) is 13.0 Å². The minimum atomic E-state index is -0.247. The third kappa shape index (κ3) is 2.57. The molecule has 0 heterocycles. The molecule has 15 heavy (non-hydrogen) atoms. The number of halogens is 1. The number of aryl methyl sites for hydroxylation is 1. The number of nitrogens with zero attached hydrogens (tertiary/aromatic N) is 1.